The number of nitrogens with two attached hydrogens (primary N) is 1. The average Bonchev–Trinajstić information content (AvgIpc) is 3.13. The summed E-state index contributed by atoms with van der Waals surface area (Å²) in [4.78, 5) is 4.17. The number of aromatic nitrogens is 2. The largest absolute Gasteiger partial charge is 0.340 e. The van der Waals surface area contributed by atoms with E-state index in [1.165, 1.54) is 0 Å². The quantitative estimate of drug-likeness (QED) is 0.846. The molecule has 0 spiro atoms. The van der Waals surface area contributed by atoms with Gasteiger partial charge in [-0.1, -0.05) is 5.16 Å². The molecule has 2 aliphatic rings. The fourth-order valence-electron chi connectivity index (χ4n) is 2.44. The molecule has 1 aliphatic heterocycles. The van der Waals surface area contributed by atoms with Gasteiger partial charge in [-0.3, -0.25) is 0 Å². The van der Waals surface area contributed by atoms with Gasteiger partial charge >= 0.3 is 0 Å². The summed E-state index contributed by atoms with van der Waals surface area (Å²) in [6.45, 7) is 2.58. The normalized spacial score (nSPS) is 24.5. The average molecular weight is 286 g/mol. The van der Waals surface area contributed by atoms with E-state index in [4.69, 9.17) is 10.3 Å². The van der Waals surface area contributed by atoms with Gasteiger partial charge in [-0.05, 0) is 25.7 Å². The van der Waals surface area contributed by atoms with Crippen molar-refractivity contribution in [3.63, 3.8) is 0 Å². The summed E-state index contributed by atoms with van der Waals surface area (Å²) in [6, 6.07) is 0. The SMILES string of the molecule is Cc1nc(C2(N)CCN(S(=O)(=O)C3CC3)CC2)no1. The molecular formula is C11H18N4O3S. The van der Waals surface area contributed by atoms with Crippen molar-refractivity contribution in [3.05, 3.63) is 11.7 Å². The maximum atomic E-state index is 12.1. The predicted molar refractivity (Wildman–Crippen MR) is 67.6 cm³/mol. The van der Waals surface area contributed by atoms with Crippen molar-refractivity contribution < 1.29 is 12.9 Å². The van der Waals surface area contributed by atoms with Gasteiger partial charge in [0.15, 0.2) is 5.82 Å². The molecule has 8 heteroatoms. The van der Waals surface area contributed by atoms with Gasteiger partial charge in [0, 0.05) is 20.0 Å². The number of nitrogens with zero attached hydrogens (tertiary/aromatic N) is 3. The summed E-state index contributed by atoms with van der Waals surface area (Å²) in [6.07, 6.45) is 2.63. The van der Waals surface area contributed by atoms with Crippen molar-refractivity contribution in [2.24, 2.45) is 5.73 Å². The standard InChI is InChI=1S/C11H18N4O3S/c1-8-13-10(14-18-8)11(12)4-6-15(7-5-11)19(16,17)9-2-3-9/h9H,2-7,12H2,1H3. The van der Waals surface area contributed by atoms with E-state index in [1.54, 1.807) is 11.2 Å². The van der Waals surface area contributed by atoms with Gasteiger partial charge < -0.3 is 10.3 Å². The molecule has 19 heavy (non-hydrogen) atoms. The Morgan fingerprint density at radius 2 is 2.00 bits per heavy atom. The summed E-state index contributed by atoms with van der Waals surface area (Å²) in [5.74, 6) is 0.960. The molecule has 1 aliphatic carbocycles. The third-order valence-corrected chi connectivity index (χ3v) is 6.29. The van der Waals surface area contributed by atoms with Gasteiger partial charge in [-0.15, -0.1) is 0 Å². The Morgan fingerprint density at radius 1 is 1.37 bits per heavy atom. The summed E-state index contributed by atoms with van der Waals surface area (Å²) in [7, 11) is -3.10. The number of aryl methyl sites for hydroxylation is 1. The minimum Gasteiger partial charge on any atom is -0.340 e. The molecule has 0 bridgehead atoms. The van der Waals surface area contributed by atoms with E-state index in [-0.39, 0.29) is 5.25 Å². The molecule has 1 aromatic heterocycles. The number of sulfonamides is 1. The first-order valence-corrected chi connectivity index (χ1v) is 8.01. The molecule has 1 saturated heterocycles. The van der Waals surface area contributed by atoms with Crippen molar-refractivity contribution in [1.29, 1.82) is 0 Å². The highest BCUT2D eigenvalue weighted by Crippen LogP contribution is 2.35. The van der Waals surface area contributed by atoms with Crippen LogP contribution in [-0.2, 0) is 15.6 Å². The molecule has 2 fully saturated rings. The molecule has 1 aromatic rings. The van der Waals surface area contributed by atoms with Gasteiger partial charge in [0.1, 0.15) is 0 Å². The molecule has 1 saturated carbocycles. The lowest BCUT2D eigenvalue weighted by molar-refractivity contribution is 0.222. The van der Waals surface area contributed by atoms with Crippen LogP contribution < -0.4 is 5.73 Å². The Labute approximate surface area is 112 Å². The molecule has 2 N–H and O–H groups in total. The van der Waals surface area contributed by atoms with Gasteiger partial charge in [0.2, 0.25) is 15.9 Å². The lowest BCUT2D eigenvalue weighted by atomic mass is 9.89. The fraction of sp³-hybridized carbons (Fsp3) is 0.818. The Kier molecular flexibility index (Phi) is 2.91. The molecule has 0 unspecified atom stereocenters. The number of hydrogen-bond acceptors (Lipinski definition) is 6. The second kappa shape index (κ2) is 4.26. The summed E-state index contributed by atoms with van der Waals surface area (Å²) < 4.78 is 30.8. The first-order chi connectivity index (χ1) is 8.92. The van der Waals surface area contributed by atoms with Crippen LogP contribution >= 0.6 is 0 Å². The molecule has 3 rings (SSSR count). The van der Waals surface area contributed by atoms with Crippen LogP contribution in [0.2, 0.25) is 0 Å². The monoisotopic (exact) mass is 286 g/mol. The molecule has 2 heterocycles. The van der Waals surface area contributed by atoms with Crippen LogP contribution in [0.5, 0.6) is 0 Å². The van der Waals surface area contributed by atoms with Crippen molar-refractivity contribution >= 4 is 10.0 Å². The lowest BCUT2D eigenvalue weighted by Crippen LogP contribution is -2.50. The van der Waals surface area contributed by atoms with Crippen LogP contribution in [0.1, 0.15) is 37.4 Å². The van der Waals surface area contributed by atoms with Gasteiger partial charge in [-0.2, -0.15) is 4.98 Å². The topological polar surface area (TPSA) is 102 Å². The number of hydrogen-bond donors (Lipinski definition) is 1. The first-order valence-electron chi connectivity index (χ1n) is 6.50. The van der Waals surface area contributed by atoms with Crippen LogP contribution in [0.25, 0.3) is 0 Å². The molecule has 106 valence electrons. The van der Waals surface area contributed by atoms with E-state index >= 15 is 0 Å². The zero-order valence-electron chi connectivity index (χ0n) is 10.9. The summed E-state index contributed by atoms with van der Waals surface area (Å²) in [5, 5.41) is 3.70. The highest BCUT2D eigenvalue weighted by molar-refractivity contribution is 7.90. The molecular weight excluding hydrogens is 268 g/mol. The summed E-state index contributed by atoms with van der Waals surface area (Å²) in [5.41, 5.74) is 5.61. The van der Waals surface area contributed by atoms with Crippen LogP contribution in [0.4, 0.5) is 0 Å². The van der Waals surface area contributed by atoms with E-state index in [1.807, 2.05) is 0 Å². The minimum absolute atomic E-state index is 0.162. The van der Waals surface area contributed by atoms with Gasteiger partial charge in [0.05, 0.1) is 10.8 Å². The van der Waals surface area contributed by atoms with E-state index in [0.717, 1.165) is 12.8 Å². The molecule has 0 amide bonds. The van der Waals surface area contributed by atoms with Crippen molar-refractivity contribution in [3.8, 4) is 0 Å². The van der Waals surface area contributed by atoms with E-state index in [9.17, 15) is 8.42 Å². The van der Waals surface area contributed by atoms with Crippen LogP contribution in [-0.4, -0.2) is 41.2 Å². The van der Waals surface area contributed by atoms with Crippen LogP contribution in [0, 0.1) is 6.92 Å². The zero-order valence-corrected chi connectivity index (χ0v) is 11.7. The summed E-state index contributed by atoms with van der Waals surface area (Å²) >= 11 is 0. The van der Waals surface area contributed by atoms with Crippen molar-refractivity contribution in [2.75, 3.05) is 13.1 Å². The van der Waals surface area contributed by atoms with Crippen LogP contribution in [0.3, 0.4) is 0 Å². The minimum atomic E-state index is -3.10. The van der Waals surface area contributed by atoms with Crippen molar-refractivity contribution in [2.45, 2.75) is 43.4 Å². The fourth-order valence-corrected chi connectivity index (χ4v) is 4.29. The van der Waals surface area contributed by atoms with Crippen LogP contribution in [0.15, 0.2) is 4.52 Å². The third kappa shape index (κ3) is 2.28. The highest BCUT2D eigenvalue weighted by atomic mass is 32.2. The smallest absolute Gasteiger partial charge is 0.223 e. The predicted octanol–water partition coefficient (Wildman–Crippen LogP) is 0.120. The molecule has 0 aromatic carbocycles. The molecule has 0 atom stereocenters. The highest BCUT2D eigenvalue weighted by Gasteiger charge is 2.44. The van der Waals surface area contributed by atoms with E-state index in [0.29, 0.717) is 37.6 Å². The third-order valence-electron chi connectivity index (χ3n) is 3.89. The Morgan fingerprint density at radius 3 is 2.47 bits per heavy atom. The Balaban J connectivity index is 1.72. The second-order valence-corrected chi connectivity index (χ2v) is 7.65. The van der Waals surface area contributed by atoms with E-state index in [2.05, 4.69) is 10.1 Å². The number of piperidine rings is 1. The zero-order chi connectivity index (χ0) is 13.7. The van der Waals surface area contributed by atoms with Gasteiger partial charge in [0.25, 0.3) is 0 Å². The van der Waals surface area contributed by atoms with Gasteiger partial charge in [-0.25, -0.2) is 12.7 Å². The number of rotatable bonds is 3. The van der Waals surface area contributed by atoms with E-state index < -0.39 is 15.6 Å². The first kappa shape index (κ1) is 13.0. The maximum Gasteiger partial charge on any atom is 0.223 e. The van der Waals surface area contributed by atoms with Crippen molar-refractivity contribution in [1.82, 2.24) is 14.4 Å². The molecule has 7 nitrogen and oxygen atoms in total. The lowest BCUT2D eigenvalue weighted by Gasteiger charge is -2.36. The Hall–Kier alpha value is -0.990. The molecule has 0 radical (unpaired) electrons. The Bertz CT molecular complexity index is 571. The second-order valence-electron chi connectivity index (χ2n) is 5.44. The maximum absolute atomic E-state index is 12.1.